The number of rotatable bonds is 12. The Kier molecular flexibility index (Phi) is 12.0. The fourth-order valence-electron chi connectivity index (χ4n) is 1.93. The van der Waals surface area contributed by atoms with Gasteiger partial charge in [0.15, 0.2) is 0 Å². The molecule has 2 unspecified atom stereocenters. The summed E-state index contributed by atoms with van der Waals surface area (Å²) in [5, 5.41) is 3.21. The molecule has 1 N–H and O–H groups in total. The lowest BCUT2D eigenvalue weighted by atomic mass is 10.1. The Labute approximate surface area is 118 Å². The molecule has 0 radical (unpaired) electrons. The Morgan fingerprint density at radius 1 is 1.16 bits per heavy atom. The molecule has 0 amide bonds. The van der Waals surface area contributed by atoms with Crippen LogP contribution in [0.3, 0.4) is 0 Å². The van der Waals surface area contributed by atoms with E-state index in [-0.39, 0.29) is 12.0 Å². The van der Waals surface area contributed by atoms with Crippen LogP contribution in [0.15, 0.2) is 0 Å². The monoisotopic (exact) mass is 273 g/mol. The smallest absolute Gasteiger partial charge is 0.323 e. The zero-order valence-corrected chi connectivity index (χ0v) is 13.0. The third-order valence-electron chi connectivity index (χ3n) is 2.95. The van der Waals surface area contributed by atoms with Crippen LogP contribution in [0.25, 0.3) is 0 Å². The van der Waals surface area contributed by atoms with E-state index in [1.165, 1.54) is 12.8 Å². The molecule has 0 aromatic carbocycles. The first kappa shape index (κ1) is 18.4. The predicted molar refractivity (Wildman–Crippen MR) is 78.2 cm³/mol. The Bertz CT molecular complexity index is 221. The summed E-state index contributed by atoms with van der Waals surface area (Å²) >= 11 is 0. The minimum Gasteiger partial charge on any atom is -0.465 e. The molecular weight excluding hydrogens is 242 g/mol. The summed E-state index contributed by atoms with van der Waals surface area (Å²) in [5.74, 6) is 0.427. The van der Waals surface area contributed by atoms with Crippen molar-refractivity contribution < 1.29 is 14.3 Å². The van der Waals surface area contributed by atoms with Crippen molar-refractivity contribution in [1.29, 1.82) is 0 Å². The number of hydrogen-bond acceptors (Lipinski definition) is 4. The molecule has 19 heavy (non-hydrogen) atoms. The number of ether oxygens (including phenoxy) is 2. The Morgan fingerprint density at radius 2 is 1.89 bits per heavy atom. The Balaban J connectivity index is 3.88. The van der Waals surface area contributed by atoms with E-state index >= 15 is 0 Å². The maximum atomic E-state index is 11.7. The van der Waals surface area contributed by atoms with Crippen molar-refractivity contribution in [3.63, 3.8) is 0 Å². The Hall–Kier alpha value is -0.610. The first-order valence-electron chi connectivity index (χ1n) is 7.63. The van der Waals surface area contributed by atoms with Gasteiger partial charge in [-0.3, -0.25) is 4.79 Å². The summed E-state index contributed by atoms with van der Waals surface area (Å²) in [5.41, 5.74) is 0. The molecule has 4 nitrogen and oxygen atoms in total. The lowest BCUT2D eigenvalue weighted by molar-refractivity contribution is -0.146. The molecule has 0 aliphatic heterocycles. The molecule has 0 heterocycles. The molecule has 0 fully saturated rings. The van der Waals surface area contributed by atoms with Crippen LogP contribution in [0.1, 0.15) is 53.4 Å². The second kappa shape index (κ2) is 12.4. The zero-order valence-electron chi connectivity index (χ0n) is 13.0. The molecule has 0 saturated heterocycles. The van der Waals surface area contributed by atoms with E-state index in [0.717, 1.165) is 19.6 Å². The standard InChI is InChI=1S/C15H31NO3/c1-5-8-13(4)12-18-11-9-14(16-10-6-2)15(17)19-7-3/h13-14,16H,5-12H2,1-4H3. The SMILES string of the molecule is CCCNC(CCOCC(C)CCC)C(=O)OCC. The average Bonchev–Trinajstić information content (AvgIpc) is 2.38. The van der Waals surface area contributed by atoms with Crippen molar-refractivity contribution in [3.05, 3.63) is 0 Å². The first-order valence-corrected chi connectivity index (χ1v) is 7.63. The van der Waals surface area contributed by atoms with Gasteiger partial charge in [0.1, 0.15) is 6.04 Å². The molecule has 0 rings (SSSR count). The highest BCUT2D eigenvalue weighted by Crippen LogP contribution is 2.06. The van der Waals surface area contributed by atoms with Crippen LogP contribution in [0.4, 0.5) is 0 Å². The van der Waals surface area contributed by atoms with Crippen molar-refractivity contribution in [3.8, 4) is 0 Å². The summed E-state index contributed by atoms with van der Waals surface area (Å²) < 4.78 is 10.7. The third-order valence-corrected chi connectivity index (χ3v) is 2.95. The molecule has 0 bridgehead atoms. The van der Waals surface area contributed by atoms with Gasteiger partial charge < -0.3 is 14.8 Å². The third kappa shape index (κ3) is 9.91. The highest BCUT2D eigenvalue weighted by molar-refractivity contribution is 5.75. The van der Waals surface area contributed by atoms with Crippen LogP contribution in [0.5, 0.6) is 0 Å². The molecule has 4 heteroatoms. The van der Waals surface area contributed by atoms with Gasteiger partial charge in [0, 0.05) is 13.2 Å². The van der Waals surface area contributed by atoms with Crippen LogP contribution in [-0.4, -0.2) is 38.4 Å². The Morgan fingerprint density at radius 3 is 2.47 bits per heavy atom. The number of nitrogens with one attached hydrogen (secondary N) is 1. The van der Waals surface area contributed by atoms with Crippen molar-refractivity contribution in [2.45, 2.75) is 59.4 Å². The number of esters is 1. The second-order valence-corrected chi connectivity index (χ2v) is 5.02. The second-order valence-electron chi connectivity index (χ2n) is 5.02. The minimum absolute atomic E-state index is 0.166. The summed E-state index contributed by atoms with van der Waals surface area (Å²) in [6.45, 7) is 10.9. The van der Waals surface area contributed by atoms with Gasteiger partial charge in [-0.2, -0.15) is 0 Å². The normalized spacial score (nSPS) is 14.1. The fourth-order valence-corrected chi connectivity index (χ4v) is 1.93. The van der Waals surface area contributed by atoms with Gasteiger partial charge in [0.2, 0.25) is 0 Å². The molecule has 0 spiro atoms. The van der Waals surface area contributed by atoms with Gasteiger partial charge >= 0.3 is 5.97 Å². The summed E-state index contributed by atoms with van der Waals surface area (Å²) in [6, 6.07) is -0.235. The first-order chi connectivity index (χ1) is 9.15. The summed E-state index contributed by atoms with van der Waals surface area (Å²) in [4.78, 5) is 11.7. The highest BCUT2D eigenvalue weighted by Gasteiger charge is 2.18. The maximum Gasteiger partial charge on any atom is 0.323 e. The van der Waals surface area contributed by atoms with Crippen LogP contribution in [0.2, 0.25) is 0 Å². The highest BCUT2D eigenvalue weighted by atomic mass is 16.5. The van der Waals surface area contributed by atoms with Crippen molar-refractivity contribution >= 4 is 5.97 Å². The summed E-state index contributed by atoms with van der Waals surface area (Å²) in [6.07, 6.45) is 4.06. The predicted octanol–water partition coefficient (Wildman–Crippen LogP) is 2.76. The molecule has 0 saturated carbocycles. The van der Waals surface area contributed by atoms with E-state index in [0.29, 0.717) is 25.6 Å². The van der Waals surface area contributed by atoms with Gasteiger partial charge in [-0.15, -0.1) is 0 Å². The van der Waals surface area contributed by atoms with Crippen molar-refractivity contribution in [1.82, 2.24) is 5.32 Å². The molecule has 2 atom stereocenters. The number of hydrogen-bond donors (Lipinski definition) is 1. The average molecular weight is 273 g/mol. The minimum atomic E-state index is -0.235. The van der Waals surface area contributed by atoms with Crippen LogP contribution < -0.4 is 5.32 Å². The van der Waals surface area contributed by atoms with Crippen LogP contribution in [-0.2, 0) is 14.3 Å². The van der Waals surface area contributed by atoms with Crippen LogP contribution in [0, 0.1) is 5.92 Å². The summed E-state index contributed by atoms with van der Waals surface area (Å²) in [7, 11) is 0. The largest absolute Gasteiger partial charge is 0.465 e. The van der Waals surface area contributed by atoms with Gasteiger partial charge in [0.05, 0.1) is 6.61 Å². The van der Waals surface area contributed by atoms with Gasteiger partial charge in [0.25, 0.3) is 0 Å². The lowest BCUT2D eigenvalue weighted by Gasteiger charge is -2.17. The van der Waals surface area contributed by atoms with Crippen molar-refractivity contribution in [2.75, 3.05) is 26.4 Å². The molecule has 0 aliphatic carbocycles. The van der Waals surface area contributed by atoms with E-state index in [1.807, 2.05) is 6.92 Å². The van der Waals surface area contributed by atoms with Crippen molar-refractivity contribution in [2.24, 2.45) is 5.92 Å². The van der Waals surface area contributed by atoms with Gasteiger partial charge in [-0.25, -0.2) is 0 Å². The molecule has 0 aliphatic rings. The van der Waals surface area contributed by atoms with E-state index in [1.54, 1.807) is 0 Å². The maximum absolute atomic E-state index is 11.7. The van der Waals surface area contributed by atoms with Gasteiger partial charge in [-0.1, -0.05) is 27.2 Å². The van der Waals surface area contributed by atoms with E-state index in [2.05, 4.69) is 26.1 Å². The van der Waals surface area contributed by atoms with E-state index < -0.39 is 0 Å². The topological polar surface area (TPSA) is 47.6 Å². The van der Waals surface area contributed by atoms with E-state index in [4.69, 9.17) is 9.47 Å². The zero-order chi connectivity index (χ0) is 14.5. The number of carbonyl (C=O) groups is 1. The fraction of sp³-hybridized carbons (Fsp3) is 0.933. The van der Waals surface area contributed by atoms with E-state index in [9.17, 15) is 4.79 Å². The number of carbonyl (C=O) groups excluding carboxylic acids is 1. The molecule has 0 aromatic heterocycles. The molecular formula is C15H31NO3. The van der Waals surface area contributed by atoms with Crippen LogP contribution >= 0.6 is 0 Å². The van der Waals surface area contributed by atoms with Gasteiger partial charge in [-0.05, 0) is 38.6 Å². The molecule has 114 valence electrons. The molecule has 0 aromatic rings. The lowest BCUT2D eigenvalue weighted by Crippen LogP contribution is -2.39. The quantitative estimate of drug-likeness (QED) is 0.439.